The summed E-state index contributed by atoms with van der Waals surface area (Å²) in [5.41, 5.74) is 0.693. The Morgan fingerprint density at radius 3 is 2.24 bits per heavy atom. The number of pyridine rings is 1. The normalized spacial score (nSPS) is 14.1. The smallest absolute Gasteiger partial charge is 0.255 e. The molecule has 0 saturated heterocycles. The molecule has 0 radical (unpaired) electrons. The predicted octanol–water partition coefficient (Wildman–Crippen LogP) is 6.99. The summed E-state index contributed by atoms with van der Waals surface area (Å²) in [7, 11) is 1.43. The molecule has 4 aromatic rings. The lowest BCUT2D eigenvalue weighted by atomic mass is 10.1. The van der Waals surface area contributed by atoms with E-state index < -0.39 is 51.5 Å². The second kappa shape index (κ2) is 11.5. The summed E-state index contributed by atoms with van der Waals surface area (Å²) in [5, 5.41) is 0.629. The van der Waals surface area contributed by atoms with E-state index in [0.717, 1.165) is 25.7 Å². The van der Waals surface area contributed by atoms with Gasteiger partial charge in [-0.1, -0.05) is 36.3 Å². The van der Waals surface area contributed by atoms with Crippen molar-refractivity contribution < 1.29 is 35.1 Å². The predicted molar refractivity (Wildman–Crippen MR) is 143 cm³/mol. The third-order valence-corrected chi connectivity index (χ3v) is 7.93. The van der Waals surface area contributed by atoms with Crippen LogP contribution in [0.25, 0.3) is 16.6 Å². The van der Waals surface area contributed by atoms with E-state index in [-0.39, 0.29) is 4.90 Å². The molecule has 1 aliphatic rings. The van der Waals surface area contributed by atoms with Crippen molar-refractivity contribution in [1.29, 1.82) is 0 Å². The van der Waals surface area contributed by atoms with Crippen LogP contribution in [-0.4, -0.2) is 15.9 Å². The lowest BCUT2D eigenvalue weighted by molar-refractivity contribution is 0.352. The zero-order valence-electron chi connectivity index (χ0n) is 21.2. The van der Waals surface area contributed by atoms with E-state index in [1.165, 1.54) is 48.1 Å². The van der Waals surface area contributed by atoms with Gasteiger partial charge in [0.05, 0.1) is 28.2 Å². The lowest BCUT2D eigenvalue weighted by Crippen LogP contribution is -2.18. The molecule has 1 atom stereocenters. The van der Waals surface area contributed by atoms with Crippen molar-refractivity contribution in [2.45, 2.75) is 30.6 Å². The van der Waals surface area contributed by atoms with Gasteiger partial charge >= 0.3 is 0 Å². The van der Waals surface area contributed by atoms with Crippen LogP contribution in [-0.2, 0) is 11.1 Å². The molecule has 212 valence electrons. The molecule has 0 aliphatic heterocycles. The Hall–Kier alpha value is -3.88. The fourth-order valence-corrected chi connectivity index (χ4v) is 5.59. The summed E-state index contributed by atoms with van der Waals surface area (Å²) in [5.74, 6) is -6.10. The first-order chi connectivity index (χ1) is 19.6. The number of methoxy groups -OCH3 is 1. The molecule has 0 spiro atoms. The first kappa shape index (κ1) is 28.6. The molecule has 3 aromatic carbocycles. The van der Waals surface area contributed by atoms with Crippen molar-refractivity contribution in [3.8, 4) is 29.0 Å². The van der Waals surface area contributed by atoms with Crippen molar-refractivity contribution in [2.75, 3.05) is 7.11 Å². The van der Waals surface area contributed by atoms with Crippen LogP contribution in [0.5, 0.6) is 11.5 Å². The number of rotatable bonds is 5. The molecule has 0 bridgehead atoms. The molecule has 1 saturated carbocycles. The topological polar surface area (TPSA) is 57.5 Å². The minimum absolute atomic E-state index is 0.172. The molecule has 5 nitrogen and oxygen atoms in total. The third kappa shape index (κ3) is 5.42. The van der Waals surface area contributed by atoms with Crippen molar-refractivity contribution in [2.24, 2.45) is 5.92 Å². The standard InChI is InChI=1S/C29H19ClF5NO4S/c1-39-22-13-16(7-6-15-4-2-3-5-15)19(30)14-21(22)36-20-10-9-18(12-17(20)8-11-23(36)37)41(38)40-29-27(34)25(32)24(31)26(33)28(29)35/h8-15H,2-5H2,1H3. The van der Waals surface area contributed by atoms with E-state index in [0.29, 0.717) is 38.8 Å². The maximum absolute atomic E-state index is 14.0. The minimum atomic E-state index is -2.69. The Morgan fingerprint density at radius 1 is 0.927 bits per heavy atom. The first-order valence-corrected chi connectivity index (χ1v) is 13.7. The lowest BCUT2D eigenvalue weighted by Gasteiger charge is -2.16. The van der Waals surface area contributed by atoms with Gasteiger partial charge in [0.2, 0.25) is 45.9 Å². The van der Waals surface area contributed by atoms with Crippen LogP contribution in [0.3, 0.4) is 0 Å². The van der Waals surface area contributed by atoms with Crippen LogP contribution in [0, 0.1) is 46.8 Å². The van der Waals surface area contributed by atoms with Gasteiger partial charge in [-0.2, -0.15) is 8.78 Å². The van der Waals surface area contributed by atoms with Crippen molar-refractivity contribution in [3.63, 3.8) is 0 Å². The number of aromatic nitrogens is 1. The molecule has 12 heteroatoms. The first-order valence-electron chi connectivity index (χ1n) is 12.3. The number of hydrogen-bond acceptors (Lipinski definition) is 4. The zero-order valence-corrected chi connectivity index (χ0v) is 22.8. The summed E-state index contributed by atoms with van der Waals surface area (Å²) in [6.07, 6.45) is 4.34. The summed E-state index contributed by atoms with van der Waals surface area (Å²) in [4.78, 5) is 12.8. The van der Waals surface area contributed by atoms with Crippen LogP contribution in [0.1, 0.15) is 31.2 Å². The van der Waals surface area contributed by atoms with Crippen molar-refractivity contribution in [3.05, 3.63) is 92.5 Å². The molecule has 0 amide bonds. The Bertz CT molecular complexity index is 1810. The Balaban J connectivity index is 1.54. The highest BCUT2D eigenvalue weighted by atomic mass is 35.5. The molecule has 5 rings (SSSR count). The van der Waals surface area contributed by atoms with Gasteiger partial charge in [-0.25, -0.2) is 17.4 Å². The molecular weight excluding hydrogens is 589 g/mol. The van der Waals surface area contributed by atoms with Gasteiger partial charge in [0.1, 0.15) is 5.75 Å². The molecule has 0 N–H and O–H groups in total. The van der Waals surface area contributed by atoms with E-state index in [9.17, 15) is 31.0 Å². The van der Waals surface area contributed by atoms with Crippen LogP contribution in [0.4, 0.5) is 22.0 Å². The second-order valence-corrected chi connectivity index (χ2v) is 10.7. The molecule has 1 unspecified atom stereocenters. The maximum Gasteiger partial charge on any atom is 0.255 e. The van der Waals surface area contributed by atoms with Gasteiger partial charge in [0.25, 0.3) is 5.56 Å². The van der Waals surface area contributed by atoms with Gasteiger partial charge in [0, 0.05) is 22.9 Å². The fraction of sp³-hybridized carbons (Fsp3) is 0.207. The van der Waals surface area contributed by atoms with Gasteiger partial charge in [-0.3, -0.25) is 9.36 Å². The maximum atomic E-state index is 14.0. The largest absolute Gasteiger partial charge is 0.495 e. The van der Waals surface area contributed by atoms with Gasteiger partial charge in [0.15, 0.2) is 0 Å². The van der Waals surface area contributed by atoms with Gasteiger partial charge in [-0.15, -0.1) is 0 Å². The number of halogens is 6. The molecule has 41 heavy (non-hydrogen) atoms. The summed E-state index contributed by atoms with van der Waals surface area (Å²) in [6.45, 7) is 0. The van der Waals surface area contributed by atoms with E-state index >= 15 is 0 Å². The van der Waals surface area contributed by atoms with E-state index in [4.69, 9.17) is 16.3 Å². The summed E-state index contributed by atoms with van der Waals surface area (Å²) < 4.78 is 92.7. The number of ether oxygens (including phenoxy) is 1. The third-order valence-electron chi connectivity index (χ3n) is 6.66. The molecule has 1 aromatic heterocycles. The summed E-state index contributed by atoms with van der Waals surface area (Å²) >= 11 is 3.84. The molecule has 1 heterocycles. The summed E-state index contributed by atoms with van der Waals surface area (Å²) in [6, 6.07) is 9.68. The van der Waals surface area contributed by atoms with Crippen LogP contribution in [0.2, 0.25) is 5.02 Å². The zero-order chi connectivity index (χ0) is 29.4. The average Bonchev–Trinajstić information content (AvgIpc) is 3.50. The highest BCUT2D eigenvalue weighted by Crippen LogP contribution is 2.33. The van der Waals surface area contributed by atoms with Crippen LogP contribution in [0.15, 0.2) is 52.2 Å². The molecular formula is C29H19ClF5NO4S. The molecule has 1 fully saturated rings. The van der Waals surface area contributed by atoms with Crippen molar-refractivity contribution >= 4 is 33.6 Å². The SMILES string of the molecule is COc1cc(C#CC2CCCC2)c(Cl)cc1-n1c(=O)ccc2cc(S(=O)Oc3c(F)c(F)c(F)c(F)c3F)ccc21. The second-order valence-electron chi connectivity index (χ2n) is 9.20. The minimum Gasteiger partial charge on any atom is -0.495 e. The van der Waals surface area contributed by atoms with Gasteiger partial charge in [-0.05, 0) is 49.2 Å². The average molecular weight is 608 g/mol. The number of nitrogens with zero attached hydrogens (tertiary/aromatic N) is 1. The van der Waals surface area contributed by atoms with Crippen molar-refractivity contribution in [1.82, 2.24) is 4.57 Å². The number of benzene rings is 3. The highest BCUT2D eigenvalue weighted by molar-refractivity contribution is 7.80. The quantitative estimate of drug-likeness (QED) is 0.106. The van der Waals surface area contributed by atoms with E-state index in [2.05, 4.69) is 16.0 Å². The van der Waals surface area contributed by atoms with Crippen LogP contribution < -0.4 is 14.5 Å². The molecule has 1 aliphatic carbocycles. The number of hydrogen-bond donors (Lipinski definition) is 0. The highest BCUT2D eigenvalue weighted by Gasteiger charge is 2.29. The Kier molecular flexibility index (Phi) is 8.07. The number of fused-ring (bicyclic) bond motifs is 1. The van der Waals surface area contributed by atoms with E-state index in [1.807, 2.05) is 0 Å². The fourth-order valence-electron chi connectivity index (χ4n) is 4.58. The van der Waals surface area contributed by atoms with Crippen LogP contribution >= 0.6 is 11.6 Å². The Morgan fingerprint density at radius 2 is 1.59 bits per heavy atom. The van der Waals surface area contributed by atoms with Gasteiger partial charge < -0.3 is 8.92 Å². The van der Waals surface area contributed by atoms with E-state index in [1.54, 1.807) is 6.07 Å². The monoisotopic (exact) mass is 607 g/mol. The Labute approximate surface area is 238 Å².